The molecule has 6 nitrogen and oxygen atoms in total. The van der Waals surface area contributed by atoms with E-state index in [-0.39, 0.29) is 6.10 Å². The Balaban J connectivity index is 0.000000191. The fourth-order valence-corrected chi connectivity index (χ4v) is 4.75. The highest BCUT2D eigenvalue weighted by molar-refractivity contribution is 5.68. The maximum atomic E-state index is 10.7. The molecule has 32 heavy (non-hydrogen) atoms. The third-order valence-electron chi connectivity index (χ3n) is 6.18. The third-order valence-corrected chi connectivity index (χ3v) is 6.18. The predicted octanol–water partition coefficient (Wildman–Crippen LogP) is 5.64. The summed E-state index contributed by atoms with van der Waals surface area (Å²) < 4.78 is 22.1. The molecule has 1 heterocycles. The number of rotatable bonds is 3. The molecule has 1 N–H and O–H groups in total. The van der Waals surface area contributed by atoms with Gasteiger partial charge >= 0.3 is 6.09 Å². The number of hydrogen-bond donors (Lipinski definition) is 1. The molecule has 1 aliphatic heterocycles. The van der Waals surface area contributed by atoms with Crippen LogP contribution in [0.15, 0.2) is 48.0 Å². The van der Waals surface area contributed by atoms with Crippen LogP contribution in [0.2, 0.25) is 0 Å². The highest BCUT2D eigenvalue weighted by Gasteiger charge is 2.48. The molecule has 0 saturated carbocycles. The van der Waals surface area contributed by atoms with Gasteiger partial charge in [0, 0.05) is 18.5 Å². The SMILES string of the molecule is CC.CNC(=O)OC1=CCCC=C1.COC1=CCC2CCc3ccc(OC)c4c3C2C1O4. The maximum absolute atomic E-state index is 10.7. The quantitative estimate of drug-likeness (QED) is 0.658. The molecule has 174 valence electrons. The summed E-state index contributed by atoms with van der Waals surface area (Å²) in [4.78, 5) is 10.7. The van der Waals surface area contributed by atoms with Gasteiger partial charge in [0.05, 0.1) is 14.2 Å². The monoisotopic (exact) mass is 441 g/mol. The fraction of sp³-hybridized carbons (Fsp3) is 0.500. The molecule has 0 bridgehead atoms. The standard InChI is InChI=1S/C16H18O3.C8H11NO2.C2H6/c1-17-11-7-5-9-3-4-10-6-8-12(18-2)16-14(10)13(9)15(11)19-16;1-9-8(10)11-7-5-3-2-4-6-7;1-2/h5,7-8,10,14,16H,3-4,6H2,1-2H3;3,5-6H,2,4H2,1H3,(H,9,10);1-2H3. The summed E-state index contributed by atoms with van der Waals surface area (Å²) in [6.45, 7) is 4.00. The van der Waals surface area contributed by atoms with Crippen molar-refractivity contribution < 1.29 is 23.7 Å². The first kappa shape index (κ1) is 23.8. The van der Waals surface area contributed by atoms with Crippen molar-refractivity contribution in [2.45, 2.75) is 58.0 Å². The Morgan fingerprint density at radius 1 is 1.12 bits per heavy atom. The molecule has 0 saturated heterocycles. The Morgan fingerprint density at radius 2 is 1.94 bits per heavy atom. The third kappa shape index (κ3) is 4.79. The number of methoxy groups -OCH3 is 2. The second kappa shape index (κ2) is 11.1. The van der Waals surface area contributed by atoms with Crippen molar-refractivity contribution in [2.24, 2.45) is 5.92 Å². The summed E-state index contributed by atoms with van der Waals surface area (Å²) in [7, 11) is 4.98. The molecule has 5 rings (SSSR count). The van der Waals surface area contributed by atoms with Crippen LogP contribution in [0, 0.1) is 5.92 Å². The first-order valence-electron chi connectivity index (χ1n) is 11.5. The lowest BCUT2D eigenvalue weighted by Gasteiger charge is -2.35. The maximum Gasteiger partial charge on any atom is 0.412 e. The van der Waals surface area contributed by atoms with Gasteiger partial charge in [-0.25, -0.2) is 4.79 Å². The molecule has 3 aliphatic carbocycles. The Kier molecular flexibility index (Phi) is 8.26. The first-order valence-corrected chi connectivity index (χ1v) is 11.5. The summed E-state index contributed by atoms with van der Waals surface area (Å²) in [5.41, 5.74) is 2.81. The smallest absolute Gasteiger partial charge is 0.412 e. The molecule has 0 aromatic heterocycles. The van der Waals surface area contributed by atoms with E-state index in [1.165, 1.54) is 24.6 Å². The minimum absolute atomic E-state index is 0.0501. The molecule has 1 aromatic carbocycles. The fourth-order valence-electron chi connectivity index (χ4n) is 4.75. The second-order valence-corrected chi connectivity index (χ2v) is 7.80. The van der Waals surface area contributed by atoms with Crippen molar-refractivity contribution in [1.29, 1.82) is 0 Å². The largest absolute Gasteiger partial charge is 0.497 e. The zero-order valence-corrected chi connectivity index (χ0v) is 19.8. The van der Waals surface area contributed by atoms with Crippen LogP contribution in [0.5, 0.6) is 11.5 Å². The van der Waals surface area contributed by atoms with E-state index in [0.717, 1.165) is 42.9 Å². The summed E-state index contributed by atoms with van der Waals surface area (Å²) >= 11 is 0. The van der Waals surface area contributed by atoms with Gasteiger partial charge < -0.3 is 24.3 Å². The Hall–Kier alpha value is -2.89. The number of benzene rings is 1. The first-order chi connectivity index (χ1) is 15.7. The summed E-state index contributed by atoms with van der Waals surface area (Å²) in [5.74, 6) is 4.55. The van der Waals surface area contributed by atoms with Crippen molar-refractivity contribution >= 4 is 6.09 Å². The lowest BCUT2D eigenvalue weighted by Crippen LogP contribution is -2.33. The number of carbonyl (C=O) groups excluding carboxylic acids is 1. The molecule has 0 fully saturated rings. The number of carbonyl (C=O) groups is 1. The molecular weight excluding hydrogens is 406 g/mol. The van der Waals surface area contributed by atoms with Crippen LogP contribution in [-0.4, -0.2) is 33.5 Å². The van der Waals surface area contributed by atoms with Crippen molar-refractivity contribution in [1.82, 2.24) is 5.32 Å². The highest BCUT2D eigenvalue weighted by Crippen LogP contribution is 2.56. The number of amides is 1. The van der Waals surface area contributed by atoms with Crippen molar-refractivity contribution in [3.05, 3.63) is 59.1 Å². The lowest BCUT2D eigenvalue weighted by atomic mass is 9.69. The van der Waals surface area contributed by atoms with Crippen LogP contribution >= 0.6 is 0 Å². The van der Waals surface area contributed by atoms with Gasteiger partial charge in [-0.1, -0.05) is 26.0 Å². The minimum atomic E-state index is -0.414. The van der Waals surface area contributed by atoms with Gasteiger partial charge in [0.15, 0.2) is 17.6 Å². The number of ether oxygens (including phenoxy) is 4. The second-order valence-electron chi connectivity index (χ2n) is 7.80. The molecule has 6 heteroatoms. The summed E-state index contributed by atoms with van der Waals surface area (Å²) in [6, 6.07) is 4.23. The van der Waals surface area contributed by atoms with Crippen LogP contribution in [-0.2, 0) is 15.9 Å². The lowest BCUT2D eigenvalue weighted by molar-refractivity contribution is 0.111. The normalized spacial score (nSPS) is 23.5. The van der Waals surface area contributed by atoms with E-state index in [2.05, 4.69) is 17.5 Å². The van der Waals surface area contributed by atoms with Crippen LogP contribution in [0.25, 0.3) is 0 Å². The predicted molar refractivity (Wildman–Crippen MR) is 125 cm³/mol. The van der Waals surface area contributed by atoms with Gasteiger partial charge in [-0.2, -0.15) is 0 Å². The number of hydrogen-bond acceptors (Lipinski definition) is 5. The van der Waals surface area contributed by atoms with Gasteiger partial charge in [0.1, 0.15) is 11.5 Å². The molecule has 0 spiro atoms. The van der Waals surface area contributed by atoms with Crippen molar-refractivity contribution in [3.8, 4) is 11.5 Å². The molecular formula is C26H35NO5. The van der Waals surface area contributed by atoms with Crippen molar-refractivity contribution in [3.63, 3.8) is 0 Å². The Morgan fingerprint density at radius 3 is 2.59 bits per heavy atom. The van der Waals surface area contributed by atoms with E-state index in [9.17, 15) is 4.79 Å². The number of nitrogens with one attached hydrogen (secondary N) is 1. The highest BCUT2D eigenvalue weighted by atomic mass is 16.6. The van der Waals surface area contributed by atoms with E-state index in [4.69, 9.17) is 18.9 Å². The number of allylic oxidation sites excluding steroid dienone is 4. The van der Waals surface area contributed by atoms with Gasteiger partial charge in [0.2, 0.25) is 0 Å². The molecule has 3 atom stereocenters. The van der Waals surface area contributed by atoms with Gasteiger partial charge in [-0.15, -0.1) is 0 Å². The topological polar surface area (TPSA) is 66.0 Å². The zero-order valence-electron chi connectivity index (χ0n) is 19.8. The van der Waals surface area contributed by atoms with E-state index >= 15 is 0 Å². The van der Waals surface area contributed by atoms with Crippen LogP contribution in [0.3, 0.4) is 0 Å². The Labute approximate surface area is 191 Å². The zero-order chi connectivity index (χ0) is 23.1. The van der Waals surface area contributed by atoms with E-state index in [1.54, 1.807) is 20.3 Å². The van der Waals surface area contributed by atoms with Crippen molar-refractivity contribution in [2.75, 3.05) is 21.3 Å². The van der Waals surface area contributed by atoms with Crippen LogP contribution in [0.1, 0.15) is 56.6 Å². The average Bonchev–Trinajstić information content (AvgIpc) is 3.26. The van der Waals surface area contributed by atoms with Gasteiger partial charge in [-0.3, -0.25) is 0 Å². The van der Waals surface area contributed by atoms with E-state index < -0.39 is 6.09 Å². The average molecular weight is 442 g/mol. The number of aryl methyl sites for hydroxylation is 1. The van der Waals surface area contributed by atoms with Crippen LogP contribution in [0.4, 0.5) is 4.79 Å². The minimum Gasteiger partial charge on any atom is -0.497 e. The van der Waals surface area contributed by atoms with E-state index in [0.29, 0.717) is 17.6 Å². The molecule has 1 amide bonds. The van der Waals surface area contributed by atoms with E-state index in [1.807, 2.05) is 32.1 Å². The summed E-state index contributed by atoms with van der Waals surface area (Å²) in [5, 5.41) is 2.38. The van der Waals surface area contributed by atoms with Gasteiger partial charge in [-0.05, 0) is 67.9 Å². The van der Waals surface area contributed by atoms with Gasteiger partial charge in [0.25, 0.3) is 0 Å². The van der Waals surface area contributed by atoms with Crippen LogP contribution < -0.4 is 14.8 Å². The molecule has 3 unspecified atom stereocenters. The Bertz CT molecular complexity index is 902. The number of alkyl carbamates (subject to hydrolysis) is 1. The molecule has 4 aliphatic rings. The molecule has 1 aromatic rings. The summed E-state index contributed by atoms with van der Waals surface area (Å²) in [6.07, 6.45) is 13.0. The molecule has 0 radical (unpaired) electrons.